The van der Waals surface area contributed by atoms with Crippen molar-refractivity contribution in [3.05, 3.63) is 30.1 Å². The molecule has 0 radical (unpaired) electrons. The average molecular weight is 250 g/mol. The molecule has 1 rings (SSSR count). The minimum atomic E-state index is -0.952. The van der Waals surface area contributed by atoms with Crippen LogP contribution in [0.4, 0.5) is 0 Å². The standard InChI is InChI=1S/C13H18N2O3/c1-9(10(2)13(17)18)12(16)15-8-5-11-3-6-14-7-4-11/h3-4,6-7,9-10H,5,8H2,1-2H3,(H,15,16)(H,17,18). The van der Waals surface area contributed by atoms with Gasteiger partial charge in [-0.25, -0.2) is 0 Å². The number of carboxylic acid groups (broad SMARTS) is 1. The van der Waals surface area contributed by atoms with E-state index in [0.29, 0.717) is 13.0 Å². The van der Waals surface area contributed by atoms with Crippen LogP contribution < -0.4 is 5.32 Å². The molecule has 0 bridgehead atoms. The molecular formula is C13H18N2O3. The Labute approximate surface area is 106 Å². The summed E-state index contributed by atoms with van der Waals surface area (Å²) in [6.07, 6.45) is 4.11. The third kappa shape index (κ3) is 4.16. The lowest BCUT2D eigenvalue weighted by atomic mass is 9.95. The molecule has 1 aromatic heterocycles. The van der Waals surface area contributed by atoms with Gasteiger partial charge in [-0.15, -0.1) is 0 Å². The Hall–Kier alpha value is -1.91. The van der Waals surface area contributed by atoms with E-state index >= 15 is 0 Å². The number of carboxylic acids is 1. The zero-order chi connectivity index (χ0) is 13.5. The van der Waals surface area contributed by atoms with Gasteiger partial charge in [0.15, 0.2) is 0 Å². The molecule has 0 saturated heterocycles. The van der Waals surface area contributed by atoms with Crippen LogP contribution in [-0.4, -0.2) is 28.5 Å². The predicted molar refractivity (Wildman–Crippen MR) is 66.9 cm³/mol. The second-order valence-electron chi connectivity index (χ2n) is 4.31. The first-order valence-electron chi connectivity index (χ1n) is 5.91. The summed E-state index contributed by atoms with van der Waals surface area (Å²) < 4.78 is 0. The van der Waals surface area contributed by atoms with E-state index in [1.165, 1.54) is 6.92 Å². The number of amides is 1. The lowest BCUT2D eigenvalue weighted by Crippen LogP contribution is -2.36. The van der Waals surface area contributed by atoms with Crippen LogP contribution >= 0.6 is 0 Å². The lowest BCUT2D eigenvalue weighted by Gasteiger charge is -2.15. The summed E-state index contributed by atoms with van der Waals surface area (Å²) in [6.45, 7) is 3.66. The van der Waals surface area contributed by atoms with E-state index in [1.807, 2.05) is 12.1 Å². The SMILES string of the molecule is CC(C(=O)O)C(C)C(=O)NCCc1ccncc1. The van der Waals surface area contributed by atoms with E-state index in [1.54, 1.807) is 19.3 Å². The van der Waals surface area contributed by atoms with Crippen molar-refractivity contribution in [2.45, 2.75) is 20.3 Å². The van der Waals surface area contributed by atoms with Gasteiger partial charge in [0.25, 0.3) is 0 Å². The molecule has 98 valence electrons. The summed E-state index contributed by atoms with van der Waals surface area (Å²) >= 11 is 0. The van der Waals surface area contributed by atoms with Crippen molar-refractivity contribution in [1.29, 1.82) is 0 Å². The minimum absolute atomic E-state index is 0.223. The van der Waals surface area contributed by atoms with Crippen LogP contribution in [0.5, 0.6) is 0 Å². The van der Waals surface area contributed by atoms with Gasteiger partial charge in [0.05, 0.1) is 5.92 Å². The Morgan fingerprint density at radius 2 is 1.89 bits per heavy atom. The topological polar surface area (TPSA) is 79.3 Å². The van der Waals surface area contributed by atoms with Crippen molar-refractivity contribution in [3.8, 4) is 0 Å². The molecule has 1 aromatic rings. The van der Waals surface area contributed by atoms with E-state index in [4.69, 9.17) is 5.11 Å². The first-order chi connectivity index (χ1) is 8.52. The molecule has 2 unspecified atom stereocenters. The fraction of sp³-hybridized carbons (Fsp3) is 0.462. The highest BCUT2D eigenvalue weighted by molar-refractivity contribution is 5.84. The fourth-order valence-electron chi connectivity index (χ4n) is 1.48. The molecule has 1 amide bonds. The molecule has 18 heavy (non-hydrogen) atoms. The number of hydrogen-bond acceptors (Lipinski definition) is 3. The van der Waals surface area contributed by atoms with Crippen molar-refractivity contribution >= 4 is 11.9 Å². The first-order valence-corrected chi connectivity index (χ1v) is 5.91. The van der Waals surface area contributed by atoms with Crippen LogP contribution in [0.15, 0.2) is 24.5 Å². The maximum Gasteiger partial charge on any atom is 0.307 e. The lowest BCUT2D eigenvalue weighted by molar-refractivity contribution is -0.146. The quantitative estimate of drug-likeness (QED) is 0.792. The number of nitrogens with zero attached hydrogens (tertiary/aromatic N) is 1. The molecule has 2 atom stereocenters. The molecule has 0 spiro atoms. The number of rotatable bonds is 6. The van der Waals surface area contributed by atoms with Gasteiger partial charge in [-0.2, -0.15) is 0 Å². The van der Waals surface area contributed by atoms with E-state index in [2.05, 4.69) is 10.3 Å². The molecule has 1 heterocycles. The summed E-state index contributed by atoms with van der Waals surface area (Å²) in [7, 11) is 0. The molecule has 5 nitrogen and oxygen atoms in total. The number of carbonyl (C=O) groups excluding carboxylic acids is 1. The molecule has 0 aliphatic heterocycles. The summed E-state index contributed by atoms with van der Waals surface area (Å²) in [4.78, 5) is 26.4. The normalized spacial score (nSPS) is 13.7. The van der Waals surface area contributed by atoms with Crippen molar-refractivity contribution in [2.75, 3.05) is 6.54 Å². The largest absolute Gasteiger partial charge is 0.481 e. The van der Waals surface area contributed by atoms with Gasteiger partial charge in [-0.1, -0.05) is 13.8 Å². The highest BCUT2D eigenvalue weighted by atomic mass is 16.4. The second kappa shape index (κ2) is 6.74. The number of pyridine rings is 1. The maximum absolute atomic E-state index is 11.7. The van der Waals surface area contributed by atoms with Gasteiger partial charge in [0.1, 0.15) is 0 Å². The monoisotopic (exact) mass is 250 g/mol. The Morgan fingerprint density at radius 1 is 1.28 bits per heavy atom. The zero-order valence-corrected chi connectivity index (χ0v) is 10.6. The Balaban J connectivity index is 2.35. The molecule has 2 N–H and O–H groups in total. The summed E-state index contributed by atoms with van der Waals surface area (Å²) in [5.74, 6) is -2.38. The third-order valence-electron chi connectivity index (χ3n) is 3.02. The minimum Gasteiger partial charge on any atom is -0.481 e. The van der Waals surface area contributed by atoms with Crippen LogP contribution in [0.2, 0.25) is 0 Å². The van der Waals surface area contributed by atoms with Crippen molar-refractivity contribution in [2.24, 2.45) is 11.8 Å². The molecule has 0 aromatic carbocycles. The van der Waals surface area contributed by atoms with E-state index in [9.17, 15) is 9.59 Å². The number of nitrogens with one attached hydrogen (secondary N) is 1. The second-order valence-corrected chi connectivity index (χ2v) is 4.31. The van der Waals surface area contributed by atoms with Crippen LogP contribution in [0.3, 0.4) is 0 Å². The number of aromatic nitrogens is 1. The Bertz CT molecular complexity index is 406. The predicted octanol–water partition coefficient (Wildman–Crippen LogP) is 1.10. The zero-order valence-electron chi connectivity index (χ0n) is 10.6. The van der Waals surface area contributed by atoms with Gasteiger partial charge >= 0.3 is 5.97 Å². The molecule has 0 aliphatic rings. The molecule has 0 fully saturated rings. The summed E-state index contributed by atoms with van der Waals surface area (Å²) in [5.41, 5.74) is 1.09. The fourth-order valence-corrected chi connectivity index (χ4v) is 1.48. The van der Waals surface area contributed by atoms with Crippen molar-refractivity contribution in [3.63, 3.8) is 0 Å². The van der Waals surface area contributed by atoms with Gasteiger partial charge < -0.3 is 10.4 Å². The van der Waals surface area contributed by atoms with E-state index in [0.717, 1.165) is 5.56 Å². The van der Waals surface area contributed by atoms with Crippen LogP contribution in [0.1, 0.15) is 19.4 Å². The van der Waals surface area contributed by atoms with Gasteiger partial charge in [-0.3, -0.25) is 14.6 Å². The van der Waals surface area contributed by atoms with E-state index < -0.39 is 17.8 Å². The summed E-state index contributed by atoms with van der Waals surface area (Å²) in [6, 6.07) is 3.77. The van der Waals surface area contributed by atoms with Crippen LogP contribution in [-0.2, 0) is 16.0 Å². The number of aliphatic carboxylic acids is 1. The maximum atomic E-state index is 11.7. The Morgan fingerprint density at radius 3 is 2.44 bits per heavy atom. The van der Waals surface area contributed by atoms with Crippen molar-refractivity contribution in [1.82, 2.24) is 10.3 Å². The number of carbonyl (C=O) groups is 2. The van der Waals surface area contributed by atoms with Gasteiger partial charge in [0.2, 0.25) is 5.91 Å². The van der Waals surface area contributed by atoms with E-state index in [-0.39, 0.29) is 5.91 Å². The van der Waals surface area contributed by atoms with Gasteiger partial charge in [-0.05, 0) is 24.1 Å². The molecule has 0 aliphatic carbocycles. The molecule has 0 saturated carbocycles. The highest BCUT2D eigenvalue weighted by Gasteiger charge is 2.25. The Kier molecular flexibility index (Phi) is 5.30. The molecule has 5 heteroatoms. The molecular weight excluding hydrogens is 232 g/mol. The van der Waals surface area contributed by atoms with Gasteiger partial charge in [0, 0.05) is 24.9 Å². The van der Waals surface area contributed by atoms with Crippen LogP contribution in [0, 0.1) is 11.8 Å². The summed E-state index contributed by atoms with van der Waals surface area (Å²) in [5, 5.41) is 11.6. The number of hydrogen-bond donors (Lipinski definition) is 2. The first kappa shape index (κ1) is 14.2. The average Bonchev–Trinajstić information content (AvgIpc) is 2.38. The highest BCUT2D eigenvalue weighted by Crippen LogP contribution is 2.10. The third-order valence-corrected chi connectivity index (χ3v) is 3.02. The smallest absolute Gasteiger partial charge is 0.307 e. The van der Waals surface area contributed by atoms with Crippen LogP contribution in [0.25, 0.3) is 0 Å². The van der Waals surface area contributed by atoms with Crippen molar-refractivity contribution < 1.29 is 14.7 Å².